The Morgan fingerprint density at radius 1 is 0.900 bits per heavy atom. The normalized spacial score (nSPS) is 12.1. The zero-order valence-corrected chi connectivity index (χ0v) is 25.5. The number of carbonyl (C=O) groups is 2. The minimum atomic E-state index is -4.16. The Labute approximate surface area is 247 Å². The van der Waals surface area contributed by atoms with E-state index in [1.807, 2.05) is 26.8 Å². The largest absolute Gasteiger partial charge is 0.354 e. The Bertz CT molecular complexity index is 1430. The van der Waals surface area contributed by atoms with Gasteiger partial charge in [-0.05, 0) is 92.4 Å². The average Bonchev–Trinajstić information content (AvgIpc) is 2.92. The second-order valence-electron chi connectivity index (χ2n) is 9.70. The van der Waals surface area contributed by atoms with E-state index in [1.54, 1.807) is 43.3 Å². The average molecular weight is 605 g/mol. The minimum absolute atomic E-state index is 0.00228. The highest BCUT2D eigenvalue weighted by Gasteiger charge is 2.32. The highest BCUT2D eigenvalue weighted by Crippen LogP contribution is 2.27. The molecule has 0 heterocycles. The van der Waals surface area contributed by atoms with Crippen LogP contribution >= 0.6 is 23.2 Å². The summed E-state index contributed by atoms with van der Waals surface area (Å²) in [6.45, 7) is 7.55. The number of benzene rings is 3. The molecule has 7 nitrogen and oxygen atoms in total. The molecule has 1 atom stereocenters. The van der Waals surface area contributed by atoms with Gasteiger partial charge >= 0.3 is 0 Å². The van der Waals surface area contributed by atoms with Crippen molar-refractivity contribution in [1.82, 2.24) is 10.2 Å². The molecule has 0 saturated heterocycles. The van der Waals surface area contributed by atoms with E-state index in [1.165, 1.54) is 29.2 Å². The number of amides is 2. The summed E-state index contributed by atoms with van der Waals surface area (Å²) >= 11 is 12.1. The molecule has 0 spiro atoms. The standard InChI is InChI=1S/C30H35Cl2N3O4S/c1-5-6-17-33-30(37)23(4)34(19-24-8-10-25(31)11-9-24)29(36)20-35(27-14-7-21(2)22(3)18-27)40(38,39)28-15-12-26(32)13-16-28/h7-16,18,23H,5-6,17,19-20H2,1-4H3,(H,33,37)/t23-/m1/s1. The van der Waals surface area contributed by atoms with Crippen molar-refractivity contribution in [3.8, 4) is 0 Å². The van der Waals surface area contributed by atoms with Gasteiger partial charge in [0.25, 0.3) is 10.0 Å². The van der Waals surface area contributed by atoms with E-state index >= 15 is 0 Å². The lowest BCUT2D eigenvalue weighted by molar-refractivity contribution is -0.139. The number of hydrogen-bond acceptors (Lipinski definition) is 4. The topological polar surface area (TPSA) is 86.8 Å². The second-order valence-corrected chi connectivity index (χ2v) is 12.4. The molecular formula is C30H35Cl2N3O4S. The predicted octanol–water partition coefficient (Wildman–Crippen LogP) is 6.14. The van der Waals surface area contributed by atoms with Crippen LogP contribution in [0, 0.1) is 13.8 Å². The fourth-order valence-corrected chi connectivity index (χ4v) is 5.71. The first-order valence-electron chi connectivity index (χ1n) is 13.1. The van der Waals surface area contributed by atoms with Gasteiger partial charge in [-0.1, -0.05) is 54.7 Å². The highest BCUT2D eigenvalue weighted by atomic mass is 35.5. The third-order valence-corrected chi connectivity index (χ3v) is 9.01. The minimum Gasteiger partial charge on any atom is -0.354 e. The number of rotatable bonds is 12. The number of sulfonamides is 1. The fraction of sp³-hybridized carbons (Fsp3) is 0.333. The lowest BCUT2D eigenvalue weighted by atomic mass is 10.1. The van der Waals surface area contributed by atoms with Gasteiger partial charge in [-0.25, -0.2) is 8.42 Å². The van der Waals surface area contributed by atoms with Crippen LogP contribution in [0.1, 0.15) is 43.4 Å². The molecule has 3 aromatic rings. The number of unbranched alkanes of at least 4 members (excludes halogenated alkanes) is 1. The molecule has 3 aromatic carbocycles. The van der Waals surface area contributed by atoms with Crippen LogP contribution in [-0.4, -0.2) is 44.3 Å². The first-order chi connectivity index (χ1) is 18.9. The Hall–Kier alpha value is -3.07. The molecule has 214 valence electrons. The van der Waals surface area contributed by atoms with Gasteiger partial charge in [0.1, 0.15) is 12.6 Å². The summed E-state index contributed by atoms with van der Waals surface area (Å²) < 4.78 is 28.9. The molecule has 0 aromatic heterocycles. The maximum absolute atomic E-state index is 14.0. The molecule has 3 rings (SSSR count). The summed E-state index contributed by atoms with van der Waals surface area (Å²) in [5, 5.41) is 3.81. The van der Waals surface area contributed by atoms with Gasteiger partial charge in [0.05, 0.1) is 10.6 Å². The number of carbonyl (C=O) groups excluding carboxylic acids is 2. The van der Waals surface area contributed by atoms with E-state index in [2.05, 4.69) is 5.32 Å². The lowest BCUT2D eigenvalue weighted by Gasteiger charge is -2.32. The van der Waals surface area contributed by atoms with Gasteiger partial charge in [-0.2, -0.15) is 0 Å². The van der Waals surface area contributed by atoms with Crippen LogP contribution < -0.4 is 9.62 Å². The third-order valence-electron chi connectivity index (χ3n) is 6.72. The van der Waals surface area contributed by atoms with Crippen LogP contribution in [0.5, 0.6) is 0 Å². The summed E-state index contributed by atoms with van der Waals surface area (Å²) in [6, 6.07) is 17.1. The third kappa shape index (κ3) is 7.99. The van der Waals surface area contributed by atoms with E-state index in [-0.39, 0.29) is 17.3 Å². The predicted molar refractivity (Wildman–Crippen MR) is 161 cm³/mol. The van der Waals surface area contributed by atoms with Crippen LogP contribution in [0.25, 0.3) is 0 Å². The van der Waals surface area contributed by atoms with E-state index < -0.39 is 28.5 Å². The zero-order chi connectivity index (χ0) is 29.4. The Balaban J connectivity index is 2.02. The Morgan fingerprint density at radius 2 is 1.50 bits per heavy atom. The van der Waals surface area contributed by atoms with Crippen LogP contribution in [0.2, 0.25) is 10.0 Å². The van der Waals surface area contributed by atoms with Crippen molar-refractivity contribution in [1.29, 1.82) is 0 Å². The van der Waals surface area contributed by atoms with E-state index in [0.717, 1.165) is 33.8 Å². The van der Waals surface area contributed by atoms with Crippen LogP contribution in [0.15, 0.2) is 71.6 Å². The number of nitrogens with one attached hydrogen (secondary N) is 1. The van der Waals surface area contributed by atoms with E-state index in [0.29, 0.717) is 22.3 Å². The number of aryl methyl sites for hydroxylation is 2. The van der Waals surface area contributed by atoms with Crippen molar-refractivity contribution in [2.75, 3.05) is 17.4 Å². The zero-order valence-electron chi connectivity index (χ0n) is 23.2. The molecule has 0 aliphatic heterocycles. The Morgan fingerprint density at radius 3 is 2.08 bits per heavy atom. The maximum atomic E-state index is 14.0. The Kier molecular flexibility index (Phi) is 11.0. The molecule has 10 heteroatoms. The summed E-state index contributed by atoms with van der Waals surface area (Å²) in [5.41, 5.74) is 2.96. The molecule has 0 fully saturated rings. The summed E-state index contributed by atoms with van der Waals surface area (Å²) in [5.74, 6) is -0.835. The first kappa shape index (κ1) is 31.5. The van der Waals surface area contributed by atoms with Crippen molar-refractivity contribution in [2.24, 2.45) is 0 Å². The number of hydrogen-bond donors (Lipinski definition) is 1. The molecule has 1 N–H and O–H groups in total. The molecular weight excluding hydrogens is 569 g/mol. The monoisotopic (exact) mass is 603 g/mol. The molecule has 0 radical (unpaired) electrons. The smallest absolute Gasteiger partial charge is 0.264 e. The van der Waals surface area contributed by atoms with Gasteiger partial charge in [0.15, 0.2) is 0 Å². The first-order valence-corrected chi connectivity index (χ1v) is 15.3. The SMILES string of the molecule is CCCCNC(=O)[C@@H](C)N(Cc1ccc(Cl)cc1)C(=O)CN(c1ccc(C)c(C)c1)S(=O)(=O)c1ccc(Cl)cc1. The van der Waals surface area contributed by atoms with Gasteiger partial charge in [-0.3, -0.25) is 13.9 Å². The van der Waals surface area contributed by atoms with E-state index in [4.69, 9.17) is 23.2 Å². The molecule has 0 bridgehead atoms. The van der Waals surface area contributed by atoms with Crippen molar-refractivity contribution in [3.63, 3.8) is 0 Å². The number of halogens is 2. The molecule has 0 unspecified atom stereocenters. The highest BCUT2D eigenvalue weighted by molar-refractivity contribution is 7.92. The summed E-state index contributed by atoms with van der Waals surface area (Å²) in [6.07, 6.45) is 1.72. The summed E-state index contributed by atoms with van der Waals surface area (Å²) in [4.78, 5) is 28.4. The fourth-order valence-electron chi connectivity index (χ4n) is 4.05. The van der Waals surface area contributed by atoms with Gasteiger partial charge < -0.3 is 10.2 Å². The van der Waals surface area contributed by atoms with Crippen molar-refractivity contribution >= 4 is 50.7 Å². The van der Waals surface area contributed by atoms with Gasteiger partial charge in [0, 0.05) is 23.1 Å². The van der Waals surface area contributed by atoms with Crippen molar-refractivity contribution in [2.45, 2.75) is 58.0 Å². The molecule has 2 amide bonds. The number of nitrogens with zero attached hydrogens (tertiary/aromatic N) is 2. The van der Waals surface area contributed by atoms with Crippen LogP contribution in [0.3, 0.4) is 0 Å². The molecule has 0 aliphatic carbocycles. The van der Waals surface area contributed by atoms with Gasteiger partial charge in [-0.15, -0.1) is 0 Å². The van der Waals surface area contributed by atoms with Crippen LogP contribution in [0.4, 0.5) is 5.69 Å². The molecule has 40 heavy (non-hydrogen) atoms. The second kappa shape index (κ2) is 14.0. The number of anilines is 1. The summed E-state index contributed by atoms with van der Waals surface area (Å²) in [7, 11) is -4.16. The lowest BCUT2D eigenvalue weighted by Crippen LogP contribution is -2.51. The molecule has 0 aliphatic rings. The van der Waals surface area contributed by atoms with Gasteiger partial charge in [0.2, 0.25) is 11.8 Å². The van der Waals surface area contributed by atoms with Crippen LogP contribution in [-0.2, 0) is 26.2 Å². The quantitative estimate of drug-likeness (QED) is 0.252. The maximum Gasteiger partial charge on any atom is 0.264 e. The van der Waals surface area contributed by atoms with Crippen molar-refractivity contribution < 1.29 is 18.0 Å². The van der Waals surface area contributed by atoms with Crippen molar-refractivity contribution in [3.05, 3.63) is 93.5 Å². The van der Waals surface area contributed by atoms with E-state index in [9.17, 15) is 18.0 Å². The molecule has 0 saturated carbocycles.